The van der Waals surface area contributed by atoms with E-state index in [1.165, 1.54) is 33.3 Å². The quantitative estimate of drug-likeness (QED) is 0.844. The molecule has 0 aliphatic carbocycles. The first kappa shape index (κ1) is 16.4. The van der Waals surface area contributed by atoms with Crippen molar-refractivity contribution in [2.24, 2.45) is 11.8 Å². The van der Waals surface area contributed by atoms with Crippen LogP contribution in [0.2, 0.25) is 0 Å². The topological polar surface area (TPSA) is 55.8 Å². The number of benzene rings is 1. The summed E-state index contributed by atoms with van der Waals surface area (Å²) >= 11 is 0. The van der Waals surface area contributed by atoms with E-state index in [-0.39, 0.29) is 17.2 Å². The van der Waals surface area contributed by atoms with E-state index in [9.17, 15) is 14.3 Å². The van der Waals surface area contributed by atoms with Crippen molar-refractivity contribution in [1.82, 2.24) is 0 Å². The van der Waals surface area contributed by atoms with Gasteiger partial charge in [-0.2, -0.15) is 0 Å². The highest BCUT2D eigenvalue weighted by atomic mass is 19.1. The van der Waals surface area contributed by atoms with Gasteiger partial charge >= 0.3 is 5.97 Å². The largest absolute Gasteiger partial charge is 0.496 e. The highest BCUT2D eigenvalue weighted by molar-refractivity contribution is 5.74. The van der Waals surface area contributed by atoms with E-state index in [1.54, 1.807) is 19.9 Å². The molecule has 0 saturated carbocycles. The van der Waals surface area contributed by atoms with Gasteiger partial charge in [0.2, 0.25) is 0 Å². The van der Waals surface area contributed by atoms with Crippen molar-refractivity contribution in [3.8, 4) is 5.75 Å². The molecule has 5 heteroatoms. The van der Waals surface area contributed by atoms with Gasteiger partial charge in [0.05, 0.1) is 25.7 Å². The third-order valence-electron chi connectivity index (χ3n) is 3.43. The van der Waals surface area contributed by atoms with Gasteiger partial charge in [0, 0.05) is 0 Å². The monoisotopic (exact) mass is 284 g/mol. The lowest BCUT2D eigenvalue weighted by molar-refractivity contribution is -0.159. The molecule has 4 nitrogen and oxygen atoms in total. The maximum atomic E-state index is 14.1. The van der Waals surface area contributed by atoms with E-state index in [0.29, 0.717) is 0 Å². The number of halogens is 1. The summed E-state index contributed by atoms with van der Waals surface area (Å²) in [6, 6.07) is 4.25. The predicted molar refractivity (Wildman–Crippen MR) is 72.9 cm³/mol. The smallest absolute Gasteiger partial charge is 0.312 e. The zero-order chi connectivity index (χ0) is 15.5. The molecule has 112 valence electrons. The number of rotatable bonds is 5. The van der Waals surface area contributed by atoms with Crippen molar-refractivity contribution in [2.75, 3.05) is 14.2 Å². The predicted octanol–water partition coefficient (Wildman–Crippen LogP) is 2.49. The van der Waals surface area contributed by atoms with Crippen LogP contribution in [0.3, 0.4) is 0 Å². The van der Waals surface area contributed by atoms with Crippen LogP contribution in [0.4, 0.5) is 4.39 Å². The number of hydrogen-bond acceptors (Lipinski definition) is 4. The molecule has 0 radical (unpaired) electrons. The first-order valence-corrected chi connectivity index (χ1v) is 6.40. The van der Waals surface area contributed by atoms with E-state index in [2.05, 4.69) is 0 Å². The summed E-state index contributed by atoms with van der Waals surface area (Å²) in [5, 5.41) is 10.8. The summed E-state index contributed by atoms with van der Waals surface area (Å²) in [6.07, 6.45) is 0. The zero-order valence-electron chi connectivity index (χ0n) is 12.4. The molecular formula is C15H21FO4. The van der Waals surface area contributed by atoms with Gasteiger partial charge in [-0.25, -0.2) is 4.39 Å². The second-order valence-electron chi connectivity index (χ2n) is 5.21. The van der Waals surface area contributed by atoms with Crippen molar-refractivity contribution in [1.29, 1.82) is 0 Å². The maximum absolute atomic E-state index is 14.1. The van der Waals surface area contributed by atoms with Crippen LogP contribution in [-0.4, -0.2) is 25.3 Å². The number of aliphatic hydroxyl groups is 1. The van der Waals surface area contributed by atoms with Gasteiger partial charge < -0.3 is 14.6 Å². The molecule has 2 unspecified atom stereocenters. The van der Waals surface area contributed by atoms with Crippen LogP contribution < -0.4 is 4.74 Å². The minimum Gasteiger partial charge on any atom is -0.496 e. The summed E-state index contributed by atoms with van der Waals surface area (Å²) in [4.78, 5) is 11.9. The molecule has 20 heavy (non-hydrogen) atoms. The molecular weight excluding hydrogens is 263 g/mol. The number of ether oxygens (including phenoxy) is 2. The third kappa shape index (κ3) is 2.93. The summed E-state index contributed by atoms with van der Waals surface area (Å²) in [7, 11) is 2.63. The van der Waals surface area contributed by atoms with E-state index < -0.39 is 23.3 Å². The SMILES string of the molecule is COC(=O)C(C(C)C)C(C)(O)c1c(F)cccc1OC. The van der Waals surface area contributed by atoms with Crippen LogP contribution >= 0.6 is 0 Å². The van der Waals surface area contributed by atoms with Gasteiger partial charge in [-0.1, -0.05) is 19.9 Å². The van der Waals surface area contributed by atoms with Gasteiger partial charge in [0.25, 0.3) is 0 Å². The fraction of sp³-hybridized carbons (Fsp3) is 0.533. The average Bonchev–Trinajstić information content (AvgIpc) is 2.36. The molecule has 0 saturated heterocycles. The van der Waals surface area contributed by atoms with Crippen LogP contribution in [0.1, 0.15) is 26.3 Å². The molecule has 0 bridgehead atoms. The van der Waals surface area contributed by atoms with Crippen molar-refractivity contribution < 1.29 is 23.8 Å². The van der Waals surface area contributed by atoms with Crippen molar-refractivity contribution in [3.63, 3.8) is 0 Å². The van der Waals surface area contributed by atoms with Crippen LogP contribution in [0.5, 0.6) is 5.75 Å². The minimum atomic E-state index is -1.74. The lowest BCUT2D eigenvalue weighted by Gasteiger charge is -2.35. The third-order valence-corrected chi connectivity index (χ3v) is 3.43. The molecule has 0 spiro atoms. The molecule has 1 N–H and O–H groups in total. The van der Waals surface area contributed by atoms with Gasteiger partial charge in [0.15, 0.2) is 0 Å². The number of methoxy groups -OCH3 is 2. The molecule has 0 fully saturated rings. The maximum Gasteiger partial charge on any atom is 0.312 e. The van der Waals surface area contributed by atoms with Crippen molar-refractivity contribution >= 4 is 5.97 Å². The highest BCUT2D eigenvalue weighted by Gasteiger charge is 2.45. The number of esters is 1. The molecule has 1 aromatic carbocycles. The Morgan fingerprint density at radius 2 is 1.95 bits per heavy atom. The highest BCUT2D eigenvalue weighted by Crippen LogP contribution is 2.40. The molecule has 0 aromatic heterocycles. The van der Waals surface area contributed by atoms with Gasteiger partial charge in [-0.15, -0.1) is 0 Å². The Bertz CT molecular complexity index is 483. The lowest BCUT2D eigenvalue weighted by atomic mass is 9.76. The van der Waals surface area contributed by atoms with E-state index in [1.807, 2.05) is 0 Å². The number of hydrogen-bond donors (Lipinski definition) is 1. The first-order valence-electron chi connectivity index (χ1n) is 6.40. The standard InChI is InChI=1S/C15H21FO4/c1-9(2)12(14(17)20-5)15(3,18)13-10(16)7-6-8-11(13)19-4/h6-9,12,18H,1-5H3. The Labute approximate surface area is 118 Å². The van der Waals surface area contributed by atoms with Gasteiger partial charge in [-0.3, -0.25) is 4.79 Å². The van der Waals surface area contributed by atoms with Crippen LogP contribution in [0.25, 0.3) is 0 Å². The zero-order valence-corrected chi connectivity index (χ0v) is 12.4. The van der Waals surface area contributed by atoms with E-state index in [4.69, 9.17) is 9.47 Å². The van der Waals surface area contributed by atoms with Crippen molar-refractivity contribution in [3.05, 3.63) is 29.6 Å². The molecule has 0 aliphatic rings. The Morgan fingerprint density at radius 1 is 1.35 bits per heavy atom. The second-order valence-corrected chi connectivity index (χ2v) is 5.21. The fourth-order valence-electron chi connectivity index (χ4n) is 2.60. The number of carbonyl (C=O) groups is 1. The normalized spacial score (nSPS) is 15.6. The fourth-order valence-corrected chi connectivity index (χ4v) is 2.60. The Balaban J connectivity index is 3.44. The molecule has 0 aliphatic heterocycles. The Hall–Kier alpha value is -1.62. The molecule has 0 heterocycles. The van der Waals surface area contributed by atoms with Gasteiger partial charge in [0.1, 0.15) is 17.2 Å². The molecule has 0 amide bonds. The molecule has 1 rings (SSSR count). The van der Waals surface area contributed by atoms with Crippen molar-refractivity contribution in [2.45, 2.75) is 26.4 Å². The second kappa shape index (κ2) is 6.22. The minimum absolute atomic E-state index is 0.0356. The average molecular weight is 284 g/mol. The van der Waals surface area contributed by atoms with Crippen LogP contribution in [0.15, 0.2) is 18.2 Å². The van der Waals surface area contributed by atoms with Crippen LogP contribution in [-0.2, 0) is 15.1 Å². The summed E-state index contributed by atoms with van der Waals surface area (Å²) in [5.74, 6) is -2.15. The summed E-state index contributed by atoms with van der Waals surface area (Å²) in [5.41, 5.74) is -1.77. The Kier molecular flexibility index (Phi) is 5.11. The summed E-state index contributed by atoms with van der Waals surface area (Å²) < 4.78 is 24.0. The van der Waals surface area contributed by atoms with E-state index in [0.717, 1.165) is 0 Å². The van der Waals surface area contributed by atoms with Crippen LogP contribution in [0, 0.1) is 17.7 Å². The molecule has 1 aromatic rings. The Morgan fingerprint density at radius 3 is 2.40 bits per heavy atom. The number of carbonyl (C=O) groups excluding carboxylic acids is 1. The lowest BCUT2D eigenvalue weighted by Crippen LogP contribution is -2.42. The van der Waals surface area contributed by atoms with E-state index >= 15 is 0 Å². The van der Waals surface area contributed by atoms with Gasteiger partial charge in [-0.05, 0) is 25.0 Å². The first-order chi connectivity index (χ1) is 9.27. The summed E-state index contributed by atoms with van der Waals surface area (Å²) in [6.45, 7) is 4.93. The molecule has 2 atom stereocenters.